The van der Waals surface area contributed by atoms with E-state index in [0.29, 0.717) is 11.6 Å². The van der Waals surface area contributed by atoms with Gasteiger partial charge in [0.05, 0.1) is 12.5 Å². The fourth-order valence-electron chi connectivity index (χ4n) is 2.96. The summed E-state index contributed by atoms with van der Waals surface area (Å²) in [5.41, 5.74) is 1.80. The minimum Gasteiger partial charge on any atom is -0.497 e. The lowest BCUT2D eigenvalue weighted by molar-refractivity contribution is -0.133. The molecule has 3 nitrogen and oxygen atoms in total. The quantitative estimate of drug-likeness (QED) is 0.828. The van der Waals surface area contributed by atoms with Crippen molar-refractivity contribution in [2.24, 2.45) is 0 Å². The molecule has 23 heavy (non-hydrogen) atoms. The van der Waals surface area contributed by atoms with E-state index in [2.05, 4.69) is 0 Å². The third kappa shape index (κ3) is 3.20. The molecule has 0 aromatic heterocycles. The van der Waals surface area contributed by atoms with Gasteiger partial charge in [0, 0.05) is 18.6 Å². The topological polar surface area (TPSA) is 29.5 Å². The molecule has 0 atom stereocenters. The molecule has 0 spiro atoms. The van der Waals surface area contributed by atoms with Gasteiger partial charge in [-0.1, -0.05) is 35.9 Å². The van der Waals surface area contributed by atoms with Gasteiger partial charge in [-0.2, -0.15) is 0 Å². The molecular formula is C19H20ClNO2. The largest absolute Gasteiger partial charge is 0.497 e. The van der Waals surface area contributed by atoms with Gasteiger partial charge < -0.3 is 9.64 Å². The number of carbonyl (C=O) groups excluding carboxylic acids is 1. The number of amides is 1. The molecule has 1 aliphatic carbocycles. The van der Waals surface area contributed by atoms with Gasteiger partial charge in [-0.25, -0.2) is 0 Å². The summed E-state index contributed by atoms with van der Waals surface area (Å²) in [4.78, 5) is 14.7. The molecule has 1 aliphatic rings. The lowest BCUT2D eigenvalue weighted by Gasteiger charge is -2.24. The molecule has 1 amide bonds. The molecule has 0 radical (unpaired) electrons. The first-order valence-electron chi connectivity index (χ1n) is 7.70. The highest BCUT2D eigenvalue weighted by atomic mass is 35.5. The van der Waals surface area contributed by atoms with E-state index in [4.69, 9.17) is 16.3 Å². The summed E-state index contributed by atoms with van der Waals surface area (Å²) < 4.78 is 5.16. The first-order valence-corrected chi connectivity index (χ1v) is 8.07. The second-order valence-electron chi connectivity index (χ2n) is 6.10. The van der Waals surface area contributed by atoms with Crippen molar-refractivity contribution in [3.63, 3.8) is 0 Å². The number of hydrogen-bond acceptors (Lipinski definition) is 2. The summed E-state index contributed by atoms with van der Waals surface area (Å²) in [5, 5.41) is 0.698. The van der Waals surface area contributed by atoms with Crippen LogP contribution in [-0.2, 0) is 16.8 Å². The van der Waals surface area contributed by atoms with Crippen molar-refractivity contribution in [2.45, 2.75) is 24.8 Å². The third-order valence-electron chi connectivity index (χ3n) is 4.48. The number of ether oxygens (including phenoxy) is 1. The summed E-state index contributed by atoms with van der Waals surface area (Å²) in [5.74, 6) is 0.998. The molecule has 0 aliphatic heterocycles. The molecule has 0 bridgehead atoms. The van der Waals surface area contributed by atoms with Crippen LogP contribution in [0.3, 0.4) is 0 Å². The molecule has 0 N–H and O–H groups in total. The Kier molecular flexibility index (Phi) is 4.31. The molecule has 2 aromatic rings. The first-order chi connectivity index (χ1) is 11.0. The maximum absolute atomic E-state index is 12.9. The molecule has 0 unspecified atom stereocenters. The number of benzene rings is 2. The number of halogens is 1. The van der Waals surface area contributed by atoms with Gasteiger partial charge in [-0.15, -0.1) is 0 Å². The molecule has 4 heteroatoms. The normalized spacial score (nSPS) is 15.1. The molecule has 1 fully saturated rings. The Morgan fingerprint density at radius 1 is 1.13 bits per heavy atom. The molecule has 120 valence electrons. The Labute approximate surface area is 141 Å². The zero-order valence-electron chi connectivity index (χ0n) is 13.4. The van der Waals surface area contributed by atoms with Crippen LogP contribution in [0.15, 0.2) is 48.5 Å². The second-order valence-corrected chi connectivity index (χ2v) is 6.53. The number of rotatable bonds is 5. The summed E-state index contributed by atoms with van der Waals surface area (Å²) in [6.07, 6.45) is 1.81. The number of methoxy groups -OCH3 is 1. The maximum atomic E-state index is 12.9. The van der Waals surface area contributed by atoms with Crippen LogP contribution in [-0.4, -0.2) is 25.0 Å². The van der Waals surface area contributed by atoms with Crippen LogP contribution < -0.4 is 4.74 Å². The van der Waals surface area contributed by atoms with Crippen molar-refractivity contribution < 1.29 is 9.53 Å². The molecular weight excluding hydrogens is 310 g/mol. The first kappa shape index (κ1) is 15.9. The Morgan fingerprint density at radius 2 is 1.74 bits per heavy atom. The standard InChI is InChI=1S/C19H20ClNO2/c1-21(13-14-3-9-17(23-2)10-4-14)18(22)19(11-12-19)15-5-7-16(20)8-6-15/h3-10H,11-13H2,1-2H3. The third-order valence-corrected chi connectivity index (χ3v) is 4.73. The number of nitrogens with zero attached hydrogens (tertiary/aromatic N) is 1. The van der Waals surface area contributed by atoms with E-state index in [-0.39, 0.29) is 11.3 Å². The maximum Gasteiger partial charge on any atom is 0.233 e. The SMILES string of the molecule is COc1ccc(CN(C)C(=O)C2(c3ccc(Cl)cc3)CC2)cc1. The predicted molar refractivity (Wildman–Crippen MR) is 91.8 cm³/mol. The van der Waals surface area contributed by atoms with Gasteiger partial charge in [0.25, 0.3) is 0 Å². The highest BCUT2D eigenvalue weighted by Gasteiger charge is 2.52. The summed E-state index contributed by atoms with van der Waals surface area (Å²) >= 11 is 5.95. The van der Waals surface area contributed by atoms with E-state index in [9.17, 15) is 4.79 Å². The minimum absolute atomic E-state index is 0.177. The molecule has 0 saturated heterocycles. The van der Waals surface area contributed by atoms with Crippen molar-refractivity contribution in [2.75, 3.05) is 14.2 Å². The van der Waals surface area contributed by atoms with Crippen molar-refractivity contribution in [3.8, 4) is 5.75 Å². The van der Waals surface area contributed by atoms with Crippen LogP contribution in [0, 0.1) is 0 Å². The Hall–Kier alpha value is -2.00. The second kappa shape index (κ2) is 6.25. The van der Waals surface area contributed by atoms with E-state index in [1.165, 1.54) is 0 Å². The van der Waals surface area contributed by atoms with Gasteiger partial charge in [-0.3, -0.25) is 4.79 Å². The van der Waals surface area contributed by atoms with E-state index in [0.717, 1.165) is 29.7 Å². The predicted octanol–water partition coefficient (Wildman–Crippen LogP) is 4.04. The zero-order valence-corrected chi connectivity index (χ0v) is 14.1. The summed E-state index contributed by atoms with van der Waals surface area (Å²) in [6, 6.07) is 15.5. The van der Waals surface area contributed by atoms with E-state index >= 15 is 0 Å². The number of hydrogen-bond donors (Lipinski definition) is 0. The van der Waals surface area contributed by atoms with Crippen molar-refractivity contribution in [1.82, 2.24) is 4.90 Å². The monoisotopic (exact) mass is 329 g/mol. The minimum atomic E-state index is -0.355. The van der Waals surface area contributed by atoms with Crippen LogP contribution in [0.25, 0.3) is 0 Å². The molecule has 0 heterocycles. The lowest BCUT2D eigenvalue weighted by Crippen LogP contribution is -2.36. The molecule has 1 saturated carbocycles. The van der Waals surface area contributed by atoms with Crippen molar-refractivity contribution in [3.05, 3.63) is 64.7 Å². The lowest BCUT2D eigenvalue weighted by atomic mass is 9.94. The zero-order chi connectivity index (χ0) is 16.4. The fraction of sp³-hybridized carbons (Fsp3) is 0.316. The molecule has 2 aromatic carbocycles. The highest BCUT2D eigenvalue weighted by molar-refractivity contribution is 6.30. The van der Waals surface area contributed by atoms with Gasteiger partial charge in [0.1, 0.15) is 5.75 Å². The van der Waals surface area contributed by atoms with Crippen LogP contribution in [0.4, 0.5) is 0 Å². The van der Waals surface area contributed by atoms with E-state index in [1.807, 2.05) is 60.5 Å². The van der Waals surface area contributed by atoms with E-state index < -0.39 is 0 Å². The summed E-state index contributed by atoms with van der Waals surface area (Å²) in [6.45, 7) is 0.595. The van der Waals surface area contributed by atoms with Crippen LogP contribution in [0.1, 0.15) is 24.0 Å². The fourth-order valence-corrected chi connectivity index (χ4v) is 3.09. The number of likely N-dealkylation sites (N-methyl/N-ethyl adjacent to an activating group) is 1. The van der Waals surface area contributed by atoms with Gasteiger partial charge in [0.15, 0.2) is 0 Å². The molecule has 3 rings (SSSR count). The van der Waals surface area contributed by atoms with Gasteiger partial charge in [-0.05, 0) is 48.2 Å². The highest BCUT2D eigenvalue weighted by Crippen LogP contribution is 2.49. The summed E-state index contributed by atoms with van der Waals surface area (Å²) in [7, 11) is 3.51. The Bertz CT molecular complexity index is 690. The van der Waals surface area contributed by atoms with Crippen molar-refractivity contribution >= 4 is 17.5 Å². The van der Waals surface area contributed by atoms with Crippen LogP contribution in [0.5, 0.6) is 5.75 Å². The average molecular weight is 330 g/mol. The number of carbonyl (C=O) groups is 1. The van der Waals surface area contributed by atoms with Crippen molar-refractivity contribution in [1.29, 1.82) is 0 Å². The Balaban J connectivity index is 1.72. The van der Waals surface area contributed by atoms with E-state index in [1.54, 1.807) is 7.11 Å². The average Bonchev–Trinajstić information content (AvgIpc) is 3.37. The Morgan fingerprint density at radius 3 is 2.26 bits per heavy atom. The smallest absolute Gasteiger partial charge is 0.233 e. The van der Waals surface area contributed by atoms with Crippen LogP contribution >= 0.6 is 11.6 Å². The van der Waals surface area contributed by atoms with Crippen LogP contribution in [0.2, 0.25) is 5.02 Å². The van der Waals surface area contributed by atoms with Gasteiger partial charge in [0.2, 0.25) is 5.91 Å². The van der Waals surface area contributed by atoms with Gasteiger partial charge >= 0.3 is 0 Å².